The van der Waals surface area contributed by atoms with Gasteiger partial charge in [-0.2, -0.15) is 13.2 Å². The van der Waals surface area contributed by atoms with Crippen LogP contribution in [0.25, 0.3) is 0 Å². The Morgan fingerprint density at radius 1 is 1.35 bits per heavy atom. The smallest absolute Gasteiger partial charge is 0.288 e. The quantitative estimate of drug-likeness (QED) is 0.762. The van der Waals surface area contributed by atoms with Crippen LogP contribution in [0.1, 0.15) is 11.4 Å². The zero-order chi connectivity index (χ0) is 12.9. The number of nitrogens with zero attached hydrogens (tertiary/aromatic N) is 2. The summed E-state index contributed by atoms with van der Waals surface area (Å²) in [6.45, 7) is 1.19. The first-order valence-electron chi connectivity index (χ1n) is 5.18. The molecule has 0 amide bonds. The van der Waals surface area contributed by atoms with E-state index in [9.17, 15) is 13.2 Å². The minimum atomic E-state index is -4.21. The average Bonchev–Trinajstić information content (AvgIpc) is 2.15. The van der Waals surface area contributed by atoms with Gasteiger partial charge in [-0.25, -0.2) is 0 Å². The Morgan fingerprint density at radius 2 is 2.06 bits per heavy atom. The zero-order valence-electron chi connectivity index (χ0n) is 9.47. The second-order valence-electron chi connectivity index (χ2n) is 3.79. The van der Waals surface area contributed by atoms with Crippen molar-refractivity contribution in [1.29, 1.82) is 0 Å². The van der Waals surface area contributed by atoms with Crippen molar-refractivity contribution in [2.24, 2.45) is 0 Å². The van der Waals surface area contributed by atoms with Gasteiger partial charge >= 0.3 is 6.18 Å². The molecule has 1 aromatic heterocycles. The molecule has 96 valence electrons. The summed E-state index contributed by atoms with van der Waals surface area (Å²) in [4.78, 5) is 5.42. The van der Waals surface area contributed by atoms with Crippen LogP contribution in [0.5, 0.6) is 0 Å². The lowest BCUT2D eigenvalue weighted by molar-refractivity contribution is -0.146. The first kappa shape index (κ1) is 14.3. The van der Waals surface area contributed by atoms with E-state index in [0.717, 1.165) is 5.69 Å². The van der Waals surface area contributed by atoms with Crippen LogP contribution in [-0.2, 0) is 6.54 Å². The fourth-order valence-corrected chi connectivity index (χ4v) is 1.74. The Labute approximate surface area is 103 Å². The number of halogens is 4. The minimum absolute atomic E-state index is 0.161. The topological polar surface area (TPSA) is 16.1 Å². The molecule has 0 bridgehead atoms. The lowest BCUT2D eigenvalue weighted by atomic mass is 10.3. The molecule has 0 aliphatic rings. The molecule has 0 radical (unpaired) electrons. The van der Waals surface area contributed by atoms with E-state index in [2.05, 4.69) is 4.98 Å². The minimum Gasteiger partial charge on any atom is -0.288 e. The molecule has 0 saturated carbocycles. The molecule has 0 atom stereocenters. The van der Waals surface area contributed by atoms with Gasteiger partial charge in [0, 0.05) is 24.7 Å². The molecule has 0 aromatic carbocycles. The Bertz CT molecular complexity index is 355. The maximum absolute atomic E-state index is 12.3. The van der Waals surface area contributed by atoms with E-state index in [1.54, 1.807) is 25.1 Å². The Morgan fingerprint density at radius 3 is 2.59 bits per heavy atom. The standard InChI is InChI=1S/C11H14ClF3N2/c1-9-3-2-4-10(16-9)7-17(6-5-12)8-11(13,14)15/h2-4H,5-8H2,1H3. The highest BCUT2D eigenvalue weighted by atomic mass is 35.5. The molecule has 1 heterocycles. The lowest BCUT2D eigenvalue weighted by Crippen LogP contribution is -2.35. The van der Waals surface area contributed by atoms with Gasteiger partial charge in [0.15, 0.2) is 0 Å². The Kier molecular flexibility index (Phi) is 5.21. The van der Waals surface area contributed by atoms with Gasteiger partial charge in [0.05, 0.1) is 12.2 Å². The van der Waals surface area contributed by atoms with E-state index in [4.69, 9.17) is 11.6 Å². The van der Waals surface area contributed by atoms with Crippen molar-refractivity contribution in [2.75, 3.05) is 19.0 Å². The molecule has 0 saturated heterocycles. The lowest BCUT2D eigenvalue weighted by Gasteiger charge is -2.22. The first-order chi connectivity index (χ1) is 7.90. The van der Waals surface area contributed by atoms with Crippen LogP contribution in [0.4, 0.5) is 13.2 Å². The van der Waals surface area contributed by atoms with Crippen LogP contribution in [0.3, 0.4) is 0 Å². The van der Waals surface area contributed by atoms with Crippen LogP contribution in [-0.4, -0.2) is 35.0 Å². The summed E-state index contributed by atoms with van der Waals surface area (Å²) in [5.74, 6) is 0.169. The highest BCUT2D eigenvalue weighted by molar-refractivity contribution is 6.18. The van der Waals surface area contributed by atoms with Crippen LogP contribution < -0.4 is 0 Å². The molecule has 0 N–H and O–H groups in total. The van der Waals surface area contributed by atoms with E-state index in [0.29, 0.717) is 5.69 Å². The number of alkyl halides is 4. The van der Waals surface area contributed by atoms with Crippen molar-refractivity contribution >= 4 is 11.6 Å². The molecular formula is C11H14ClF3N2. The third kappa shape index (κ3) is 5.89. The average molecular weight is 267 g/mol. The van der Waals surface area contributed by atoms with Gasteiger partial charge in [-0.15, -0.1) is 11.6 Å². The summed E-state index contributed by atoms with van der Waals surface area (Å²) in [5, 5.41) is 0. The third-order valence-corrected chi connectivity index (χ3v) is 2.30. The maximum Gasteiger partial charge on any atom is 0.401 e. The molecule has 0 aliphatic heterocycles. The van der Waals surface area contributed by atoms with E-state index in [1.165, 1.54) is 4.90 Å². The van der Waals surface area contributed by atoms with Gasteiger partial charge in [-0.1, -0.05) is 6.07 Å². The molecular weight excluding hydrogens is 253 g/mol. The van der Waals surface area contributed by atoms with Gasteiger partial charge in [0.2, 0.25) is 0 Å². The van der Waals surface area contributed by atoms with Gasteiger partial charge < -0.3 is 0 Å². The summed E-state index contributed by atoms with van der Waals surface area (Å²) in [6, 6.07) is 5.30. The molecule has 6 heteroatoms. The molecule has 1 rings (SSSR count). The van der Waals surface area contributed by atoms with Crippen molar-refractivity contribution in [3.63, 3.8) is 0 Å². The normalized spacial score (nSPS) is 12.1. The molecule has 0 spiro atoms. The molecule has 1 aromatic rings. The van der Waals surface area contributed by atoms with E-state index in [1.807, 2.05) is 0 Å². The number of aromatic nitrogens is 1. The zero-order valence-corrected chi connectivity index (χ0v) is 10.2. The van der Waals surface area contributed by atoms with Gasteiger partial charge in [0.1, 0.15) is 0 Å². The molecule has 0 fully saturated rings. The van der Waals surface area contributed by atoms with Crippen LogP contribution in [0.2, 0.25) is 0 Å². The van der Waals surface area contributed by atoms with Gasteiger partial charge in [-0.05, 0) is 19.1 Å². The predicted molar refractivity (Wildman–Crippen MR) is 61.0 cm³/mol. The highest BCUT2D eigenvalue weighted by Gasteiger charge is 2.30. The van der Waals surface area contributed by atoms with Crippen molar-refractivity contribution in [2.45, 2.75) is 19.6 Å². The second kappa shape index (κ2) is 6.21. The molecule has 0 unspecified atom stereocenters. The monoisotopic (exact) mass is 266 g/mol. The number of rotatable bonds is 5. The number of hydrogen-bond acceptors (Lipinski definition) is 2. The molecule has 2 nitrogen and oxygen atoms in total. The van der Waals surface area contributed by atoms with Crippen LogP contribution in [0.15, 0.2) is 18.2 Å². The predicted octanol–water partition coefficient (Wildman–Crippen LogP) is 2.99. The summed E-state index contributed by atoms with van der Waals surface area (Å²) in [5.41, 5.74) is 1.42. The van der Waals surface area contributed by atoms with Gasteiger partial charge in [0.25, 0.3) is 0 Å². The summed E-state index contributed by atoms with van der Waals surface area (Å²) in [7, 11) is 0. The fraction of sp³-hybridized carbons (Fsp3) is 0.545. The largest absolute Gasteiger partial charge is 0.401 e. The van der Waals surface area contributed by atoms with E-state index < -0.39 is 12.7 Å². The highest BCUT2D eigenvalue weighted by Crippen LogP contribution is 2.17. The maximum atomic E-state index is 12.3. The van der Waals surface area contributed by atoms with Crippen molar-refractivity contribution in [3.8, 4) is 0 Å². The van der Waals surface area contributed by atoms with Crippen molar-refractivity contribution < 1.29 is 13.2 Å². The van der Waals surface area contributed by atoms with E-state index >= 15 is 0 Å². The number of pyridine rings is 1. The number of hydrogen-bond donors (Lipinski definition) is 0. The van der Waals surface area contributed by atoms with Crippen molar-refractivity contribution in [3.05, 3.63) is 29.6 Å². The Hall–Kier alpha value is -0.810. The number of aryl methyl sites for hydroxylation is 1. The van der Waals surface area contributed by atoms with Crippen LogP contribution >= 0.6 is 11.6 Å². The third-order valence-electron chi connectivity index (χ3n) is 2.14. The fourth-order valence-electron chi connectivity index (χ4n) is 1.50. The van der Waals surface area contributed by atoms with Crippen LogP contribution in [0, 0.1) is 6.92 Å². The van der Waals surface area contributed by atoms with E-state index in [-0.39, 0.29) is 19.0 Å². The summed E-state index contributed by atoms with van der Waals surface area (Å²) < 4.78 is 36.9. The Balaban J connectivity index is 2.66. The molecule has 0 aliphatic carbocycles. The SMILES string of the molecule is Cc1cccc(CN(CCCl)CC(F)(F)F)n1. The van der Waals surface area contributed by atoms with Crippen molar-refractivity contribution in [1.82, 2.24) is 9.88 Å². The first-order valence-corrected chi connectivity index (χ1v) is 5.72. The van der Waals surface area contributed by atoms with Gasteiger partial charge in [-0.3, -0.25) is 9.88 Å². The molecule has 17 heavy (non-hydrogen) atoms. The summed E-state index contributed by atoms with van der Waals surface area (Å²) in [6.07, 6.45) is -4.21. The summed E-state index contributed by atoms with van der Waals surface area (Å²) >= 11 is 5.49. The second-order valence-corrected chi connectivity index (χ2v) is 4.16.